The van der Waals surface area contributed by atoms with Crippen LogP contribution in [0.15, 0.2) is 77.0 Å². The normalized spacial score (nSPS) is 11.1. The van der Waals surface area contributed by atoms with Gasteiger partial charge in [-0.05, 0) is 78.8 Å². The zero-order valence-electron chi connectivity index (χ0n) is 18.1. The fraction of sp³-hybridized carbons (Fsp3) is 0.0833. The first-order valence-electron chi connectivity index (χ1n) is 10.2. The van der Waals surface area contributed by atoms with Gasteiger partial charge in [-0.25, -0.2) is 5.43 Å². The summed E-state index contributed by atoms with van der Waals surface area (Å²) in [7, 11) is 0. The molecular formula is C24H21ClN5O3S+. The minimum atomic E-state index is -0.327. The lowest BCUT2D eigenvalue weighted by atomic mass is 10.1. The lowest BCUT2D eigenvalue weighted by molar-refractivity contribution is -0.625. The predicted molar refractivity (Wildman–Crippen MR) is 132 cm³/mol. The third kappa shape index (κ3) is 5.56. The Morgan fingerprint density at radius 1 is 1.12 bits per heavy atom. The number of phenols is 2. The van der Waals surface area contributed by atoms with Gasteiger partial charge in [-0.2, -0.15) is 9.67 Å². The summed E-state index contributed by atoms with van der Waals surface area (Å²) in [6.07, 6.45) is 1.37. The molecule has 4 rings (SSSR count). The molecule has 0 spiro atoms. The standard InChI is InChI=1S/C24H20ClN5O3S/c1-15-2-5-17(6-3-15)23-28-29-24(30(23)19-9-7-18(25)8-10-19)34-14-22(33)27-26-13-16-4-11-20(31)21(32)12-16/h2-13H,14H2,1H3,(H3,26,27,31,32,33)/p+1. The average Bonchev–Trinajstić information content (AvgIpc) is 3.25. The molecule has 172 valence electrons. The van der Waals surface area contributed by atoms with E-state index in [0.717, 1.165) is 22.6 Å². The van der Waals surface area contributed by atoms with Crippen LogP contribution in [0.3, 0.4) is 0 Å². The number of nitrogens with one attached hydrogen (secondary N) is 2. The molecule has 0 saturated carbocycles. The van der Waals surface area contributed by atoms with Gasteiger partial charge in [0.1, 0.15) is 5.69 Å². The van der Waals surface area contributed by atoms with E-state index in [9.17, 15) is 15.0 Å². The van der Waals surface area contributed by atoms with E-state index >= 15 is 0 Å². The van der Waals surface area contributed by atoms with Crippen LogP contribution in [0, 0.1) is 6.92 Å². The van der Waals surface area contributed by atoms with Crippen LogP contribution in [-0.2, 0) is 4.79 Å². The molecule has 1 aromatic heterocycles. The molecule has 0 bridgehead atoms. The second-order valence-corrected chi connectivity index (χ2v) is 8.74. The molecule has 0 radical (unpaired) electrons. The Kier molecular flexibility index (Phi) is 7.15. The molecule has 0 aliphatic carbocycles. The van der Waals surface area contributed by atoms with Crippen LogP contribution in [0.25, 0.3) is 17.1 Å². The molecule has 4 aromatic rings. The predicted octanol–water partition coefficient (Wildman–Crippen LogP) is 3.97. The lowest BCUT2D eigenvalue weighted by Gasteiger charge is -2.05. The number of carbonyl (C=O) groups excluding carboxylic acids is 1. The van der Waals surface area contributed by atoms with Gasteiger partial charge in [-0.15, -0.1) is 5.10 Å². The third-order valence-electron chi connectivity index (χ3n) is 4.82. The van der Waals surface area contributed by atoms with E-state index in [-0.39, 0.29) is 23.2 Å². The Morgan fingerprint density at radius 2 is 1.85 bits per heavy atom. The minimum Gasteiger partial charge on any atom is -0.504 e. The summed E-state index contributed by atoms with van der Waals surface area (Å²) >= 11 is 7.32. The van der Waals surface area contributed by atoms with Gasteiger partial charge in [0.05, 0.1) is 22.6 Å². The number of aromatic nitrogens is 3. The molecule has 1 amide bonds. The molecule has 0 aliphatic heterocycles. The highest BCUT2D eigenvalue weighted by Crippen LogP contribution is 2.24. The number of carbonyl (C=O) groups is 1. The molecular weight excluding hydrogens is 474 g/mol. The number of hydrogen-bond donors (Lipinski definition) is 4. The number of rotatable bonds is 7. The summed E-state index contributed by atoms with van der Waals surface area (Å²) in [6.45, 7) is 2.02. The van der Waals surface area contributed by atoms with Gasteiger partial charge in [0, 0.05) is 5.02 Å². The van der Waals surface area contributed by atoms with Crippen LogP contribution < -0.4 is 9.99 Å². The Labute approximate surface area is 204 Å². The lowest BCUT2D eigenvalue weighted by Crippen LogP contribution is -2.34. The summed E-state index contributed by atoms with van der Waals surface area (Å²) < 4.78 is 1.93. The topological polar surface area (TPSA) is 114 Å². The molecule has 3 aromatic carbocycles. The largest absolute Gasteiger partial charge is 0.504 e. The molecule has 1 heterocycles. The van der Waals surface area contributed by atoms with Gasteiger partial charge < -0.3 is 10.2 Å². The molecule has 0 fully saturated rings. The zero-order valence-corrected chi connectivity index (χ0v) is 19.6. The van der Waals surface area contributed by atoms with Gasteiger partial charge in [0.2, 0.25) is 0 Å². The van der Waals surface area contributed by atoms with E-state index < -0.39 is 0 Å². The number of thioether (sulfide) groups is 1. The number of benzene rings is 3. The first kappa shape index (κ1) is 23.3. The van der Waals surface area contributed by atoms with Gasteiger partial charge in [-0.1, -0.05) is 29.3 Å². The molecule has 0 unspecified atom stereocenters. The van der Waals surface area contributed by atoms with Crippen molar-refractivity contribution in [2.75, 3.05) is 5.75 Å². The van der Waals surface area contributed by atoms with Crippen molar-refractivity contribution in [3.05, 3.63) is 82.9 Å². The first-order chi connectivity index (χ1) is 16.4. The molecule has 10 heteroatoms. The van der Waals surface area contributed by atoms with Crippen molar-refractivity contribution in [1.82, 2.24) is 15.6 Å². The van der Waals surface area contributed by atoms with E-state index in [1.165, 1.54) is 30.1 Å². The number of amides is 1. The summed E-state index contributed by atoms with van der Waals surface area (Å²) in [5.74, 6) is 0.0301. The van der Waals surface area contributed by atoms with E-state index in [4.69, 9.17) is 11.6 Å². The molecule has 0 saturated heterocycles. The van der Waals surface area contributed by atoms with E-state index in [2.05, 4.69) is 20.7 Å². The highest BCUT2D eigenvalue weighted by Gasteiger charge is 2.24. The van der Waals surface area contributed by atoms with Crippen LogP contribution in [0.4, 0.5) is 0 Å². The monoisotopic (exact) mass is 494 g/mol. The van der Waals surface area contributed by atoms with Gasteiger partial charge in [-0.3, -0.25) is 4.79 Å². The van der Waals surface area contributed by atoms with Crippen molar-refractivity contribution < 1.29 is 19.6 Å². The van der Waals surface area contributed by atoms with Crippen LogP contribution in [0.5, 0.6) is 11.5 Å². The van der Waals surface area contributed by atoms with Crippen LogP contribution in [0.2, 0.25) is 5.02 Å². The number of H-pyrrole nitrogens is 1. The quantitative estimate of drug-likeness (QED) is 0.102. The highest BCUT2D eigenvalue weighted by atomic mass is 35.5. The van der Waals surface area contributed by atoms with Crippen LogP contribution in [-0.4, -0.2) is 38.3 Å². The Bertz CT molecular complexity index is 1340. The Morgan fingerprint density at radius 3 is 2.56 bits per heavy atom. The number of nitrogens with zero attached hydrogens (tertiary/aromatic N) is 3. The fourth-order valence-electron chi connectivity index (χ4n) is 3.09. The van der Waals surface area contributed by atoms with Crippen molar-refractivity contribution in [1.29, 1.82) is 0 Å². The Balaban J connectivity index is 1.50. The maximum Gasteiger partial charge on any atom is 0.342 e. The van der Waals surface area contributed by atoms with Gasteiger partial charge in [0.25, 0.3) is 11.7 Å². The van der Waals surface area contributed by atoms with Crippen LogP contribution >= 0.6 is 23.4 Å². The summed E-state index contributed by atoms with van der Waals surface area (Å²) in [5.41, 5.74) is 5.92. The SMILES string of the molecule is Cc1ccc(-c2[nH]nc(SCC(=O)NN=Cc3ccc(O)c(O)c3)[n+]2-c2ccc(Cl)cc2)cc1. The summed E-state index contributed by atoms with van der Waals surface area (Å²) in [4.78, 5) is 12.3. The molecule has 8 nitrogen and oxygen atoms in total. The molecule has 34 heavy (non-hydrogen) atoms. The van der Waals surface area contributed by atoms with Crippen molar-refractivity contribution in [2.45, 2.75) is 12.1 Å². The maximum atomic E-state index is 12.3. The second-order valence-electron chi connectivity index (χ2n) is 7.36. The minimum absolute atomic E-state index is 0.0734. The van der Waals surface area contributed by atoms with Gasteiger partial charge in [0.15, 0.2) is 11.5 Å². The van der Waals surface area contributed by atoms with Gasteiger partial charge >= 0.3 is 5.16 Å². The number of halogens is 1. The third-order valence-corrected chi connectivity index (χ3v) is 6.01. The van der Waals surface area contributed by atoms with Crippen molar-refractivity contribution in [3.8, 4) is 28.6 Å². The van der Waals surface area contributed by atoms with E-state index in [1.807, 2.05) is 47.9 Å². The van der Waals surface area contributed by atoms with Crippen molar-refractivity contribution in [2.24, 2.45) is 5.10 Å². The number of aryl methyl sites for hydroxylation is 1. The zero-order chi connectivity index (χ0) is 24.1. The van der Waals surface area contributed by atoms with Crippen molar-refractivity contribution >= 4 is 35.5 Å². The molecule has 0 aliphatic rings. The molecule has 4 N–H and O–H groups in total. The first-order valence-corrected chi connectivity index (χ1v) is 11.6. The fourth-order valence-corrected chi connectivity index (χ4v) is 3.98. The van der Waals surface area contributed by atoms with Crippen molar-refractivity contribution in [3.63, 3.8) is 0 Å². The number of hydrazone groups is 1. The highest BCUT2D eigenvalue weighted by molar-refractivity contribution is 7.99. The Hall–Kier alpha value is -3.82. The summed E-state index contributed by atoms with van der Waals surface area (Å²) in [5, 5.41) is 31.5. The summed E-state index contributed by atoms with van der Waals surface area (Å²) in [6, 6.07) is 19.7. The average molecular weight is 495 g/mol. The van der Waals surface area contributed by atoms with E-state index in [0.29, 0.717) is 15.7 Å². The van der Waals surface area contributed by atoms with E-state index in [1.54, 1.807) is 18.2 Å². The number of aromatic amines is 1. The molecule has 0 atom stereocenters. The second kappa shape index (κ2) is 10.4. The number of hydrogen-bond acceptors (Lipinski definition) is 6. The maximum absolute atomic E-state index is 12.3. The van der Waals surface area contributed by atoms with Crippen LogP contribution in [0.1, 0.15) is 11.1 Å². The smallest absolute Gasteiger partial charge is 0.342 e. The number of phenolic OH excluding ortho intramolecular Hbond substituents is 2. The number of aromatic hydroxyl groups is 2.